The number of phenolic OH excluding ortho intramolecular Hbond substituents is 1. The van der Waals surface area contributed by atoms with Gasteiger partial charge in [-0.15, -0.1) is 0 Å². The molecular weight excluding hydrogens is 316 g/mol. The quantitative estimate of drug-likeness (QED) is 0.554. The second kappa shape index (κ2) is 7.49. The van der Waals surface area contributed by atoms with Crippen LogP contribution in [0.4, 0.5) is 0 Å². The van der Waals surface area contributed by atoms with Crippen LogP contribution in [0.2, 0.25) is 0 Å². The Kier molecular flexibility index (Phi) is 4.95. The first-order chi connectivity index (χ1) is 12.1. The van der Waals surface area contributed by atoms with Gasteiger partial charge in [-0.05, 0) is 30.5 Å². The van der Waals surface area contributed by atoms with Crippen LogP contribution in [0, 0.1) is 0 Å². The molecule has 3 rings (SSSR count). The molecule has 3 aromatic rings. The summed E-state index contributed by atoms with van der Waals surface area (Å²) in [6.07, 6.45) is 0.671. The minimum Gasteiger partial charge on any atom is -0.507 e. The molecule has 3 aromatic carbocycles. The molecule has 0 bridgehead atoms. The number of nitrogens with zero attached hydrogens (tertiary/aromatic N) is 1. The van der Waals surface area contributed by atoms with Gasteiger partial charge in [-0.25, -0.2) is 5.43 Å². The van der Waals surface area contributed by atoms with Gasteiger partial charge in [0.25, 0.3) is 5.91 Å². The lowest BCUT2D eigenvalue weighted by atomic mass is 10.1. The van der Waals surface area contributed by atoms with Gasteiger partial charge in [0.1, 0.15) is 11.5 Å². The molecular formula is C20H18N2O3. The predicted molar refractivity (Wildman–Crippen MR) is 97.9 cm³/mol. The molecule has 5 heteroatoms. The zero-order chi connectivity index (χ0) is 17.6. The summed E-state index contributed by atoms with van der Waals surface area (Å²) in [5.41, 5.74) is 2.94. The van der Waals surface area contributed by atoms with E-state index in [1.807, 2.05) is 42.5 Å². The molecule has 0 saturated heterocycles. The van der Waals surface area contributed by atoms with E-state index >= 15 is 0 Å². The van der Waals surface area contributed by atoms with Crippen molar-refractivity contribution in [3.8, 4) is 11.5 Å². The zero-order valence-electron chi connectivity index (χ0n) is 13.7. The Bertz CT molecular complexity index is 916. The van der Waals surface area contributed by atoms with Gasteiger partial charge < -0.3 is 9.84 Å². The molecule has 5 nitrogen and oxygen atoms in total. The van der Waals surface area contributed by atoms with Crippen molar-refractivity contribution in [2.24, 2.45) is 5.10 Å². The van der Waals surface area contributed by atoms with Crippen molar-refractivity contribution in [1.82, 2.24) is 5.43 Å². The average Bonchev–Trinajstić information content (AvgIpc) is 2.63. The van der Waals surface area contributed by atoms with Gasteiger partial charge in [0.05, 0.1) is 6.21 Å². The van der Waals surface area contributed by atoms with Gasteiger partial charge >= 0.3 is 0 Å². The van der Waals surface area contributed by atoms with Crippen LogP contribution in [0.5, 0.6) is 11.5 Å². The summed E-state index contributed by atoms with van der Waals surface area (Å²) in [5, 5.41) is 15.5. The third kappa shape index (κ3) is 3.95. The number of hydrogen-bond donors (Lipinski definition) is 2. The van der Waals surface area contributed by atoms with Crippen molar-refractivity contribution >= 4 is 22.9 Å². The molecule has 126 valence electrons. The summed E-state index contributed by atoms with van der Waals surface area (Å²) in [6.45, 7) is 1.66. The summed E-state index contributed by atoms with van der Waals surface area (Å²) in [5.74, 6) is 0.366. The van der Waals surface area contributed by atoms with E-state index in [4.69, 9.17) is 4.74 Å². The number of nitrogens with one attached hydrogen (secondary N) is 1. The number of carbonyl (C=O) groups excluding carboxylic acids is 1. The molecule has 1 amide bonds. The number of benzene rings is 3. The summed E-state index contributed by atoms with van der Waals surface area (Å²) in [6, 6.07) is 20.3. The van der Waals surface area contributed by atoms with E-state index < -0.39 is 6.10 Å². The largest absolute Gasteiger partial charge is 0.507 e. The monoisotopic (exact) mass is 334 g/mol. The lowest BCUT2D eigenvalue weighted by molar-refractivity contribution is -0.127. The maximum absolute atomic E-state index is 12.1. The third-order valence-corrected chi connectivity index (χ3v) is 3.74. The van der Waals surface area contributed by atoms with Crippen molar-refractivity contribution in [1.29, 1.82) is 0 Å². The fourth-order valence-corrected chi connectivity index (χ4v) is 2.40. The Morgan fingerprint density at radius 1 is 1.08 bits per heavy atom. The Hall–Kier alpha value is -3.34. The van der Waals surface area contributed by atoms with Crippen LogP contribution >= 0.6 is 0 Å². The van der Waals surface area contributed by atoms with Crippen molar-refractivity contribution in [3.63, 3.8) is 0 Å². The molecule has 0 heterocycles. The average molecular weight is 334 g/mol. The van der Waals surface area contributed by atoms with Gasteiger partial charge in [0.15, 0.2) is 6.10 Å². The molecule has 0 radical (unpaired) electrons. The number of rotatable bonds is 5. The van der Waals surface area contributed by atoms with Crippen LogP contribution in [0.3, 0.4) is 0 Å². The molecule has 0 fully saturated rings. The molecule has 0 aliphatic heterocycles. The number of amides is 1. The molecule has 0 saturated carbocycles. The Labute approximate surface area is 145 Å². The minimum atomic E-state index is -0.715. The highest BCUT2D eigenvalue weighted by molar-refractivity contribution is 5.89. The topological polar surface area (TPSA) is 70.9 Å². The normalized spacial score (nSPS) is 12.2. The van der Waals surface area contributed by atoms with E-state index in [1.165, 1.54) is 6.21 Å². The maximum Gasteiger partial charge on any atom is 0.280 e. The van der Waals surface area contributed by atoms with Gasteiger partial charge in [0, 0.05) is 10.9 Å². The number of hydrazone groups is 1. The van der Waals surface area contributed by atoms with E-state index in [2.05, 4.69) is 10.5 Å². The van der Waals surface area contributed by atoms with Crippen molar-refractivity contribution in [2.45, 2.75) is 13.0 Å². The van der Waals surface area contributed by atoms with Crippen LogP contribution in [-0.4, -0.2) is 23.3 Å². The first-order valence-corrected chi connectivity index (χ1v) is 7.90. The van der Waals surface area contributed by atoms with Gasteiger partial charge in [-0.3, -0.25) is 4.79 Å². The Balaban J connectivity index is 1.65. The van der Waals surface area contributed by atoms with Gasteiger partial charge in [0.2, 0.25) is 0 Å². The first kappa shape index (κ1) is 16.5. The third-order valence-electron chi connectivity index (χ3n) is 3.74. The van der Waals surface area contributed by atoms with Crippen molar-refractivity contribution in [2.75, 3.05) is 0 Å². The summed E-state index contributed by atoms with van der Waals surface area (Å²) in [4.78, 5) is 12.1. The fraction of sp³-hybridized carbons (Fsp3) is 0.100. The Morgan fingerprint density at radius 2 is 1.80 bits per heavy atom. The standard InChI is InChI=1S/C20H18N2O3/c1-14(20(24)22-21-13-16-8-3-5-11-18(16)23)25-19-12-6-9-15-7-2-4-10-17(15)19/h2-14,23H,1H3,(H,22,24)/t14-/m1/s1. The highest BCUT2D eigenvalue weighted by atomic mass is 16.5. The van der Waals surface area contributed by atoms with Crippen molar-refractivity contribution < 1.29 is 14.6 Å². The van der Waals surface area contributed by atoms with Gasteiger partial charge in [-0.2, -0.15) is 5.10 Å². The van der Waals surface area contributed by atoms with Crippen molar-refractivity contribution in [3.05, 3.63) is 72.3 Å². The Morgan fingerprint density at radius 3 is 2.64 bits per heavy atom. The van der Waals surface area contributed by atoms with Crippen LogP contribution < -0.4 is 10.2 Å². The zero-order valence-corrected chi connectivity index (χ0v) is 13.7. The highest BCUT2D eigenvalue weighted by Crippen LogP contribution is 2.26. The second-order valence-electron chi connectivity index (χ2n) is 5.53. The van der Waals surface area contributed by atoms with E-state index in [0.29, 0.717) is 11.3 Å². The van der Waals surface area contributed by atoms with Crippen LogP contribution in [0.25, 0.3) is 10.8 Å². The molecule has 2 N–H and O–H groups in total. The molecule has 0 aliphatic rings. The SMILES string of the molecule is C[C@@H](Oc1cccc2ccccc12)C(=O)NN=Cc1ccccc1O. The molecule has 1 atom stereocenters. The van der Waals surface area contributed by atoms with Crippen LogP contribution in [-0.2, 0) is 4.79 Å². The smallest absolute Gasteiger partial charge is 0.280 e. The lowest BCUT2D eigenvalue weighted by Crippen LogP contribution is -2.33. The first-order valence-electron chi connectivity index (χ1n) is 7.90. The number of aromatic hydroxyl groups is 1. The number of hydrogen-bond acceptors (Lipinski definition) is 4. The summed E-state index contributed by atoms with van der Waals surface area (Å²) in [7, 11) is 0. The number of carbonyl (C=O) groups is 1. The number of ether oxygens (including phenoxy) is 1. The maximum atomic E-state index is 12.1. The van der Waals surface area contributed by atoms with E-state index in [1.54, 1.807) is 31.2 Å². The summed E-state index contributed by atoms with van der Waals surface area (Å²) >= 11 is 0. The van der Waals surface area contributed by atoms with Gasteiger partial charge in [-0.1, -0.05) is 48.5 Å². The molecule has 0 spiro atoms. The van der Waals surface area contributed by atoms with E-state index in [0.717, 1.165) is 10.8 Å². The second-order valence-corrected chi connectivity index (χ2v) is 5.53. The predicted octanol–water partition coefficient (Wildman–Crippen LogP) is 3.46. The summed E-state index contributed by atoms with van der Waals surface area (Å²) < 4.78 is 5.78. The molecule has 0 aliphatic carbocycles. The molecule has 0 aromatic heterocycles. The van der Waals surface area contributed by atoms with Crippen LogP contribution in [0.15, 0.2) is 71.8 Å². The molecule has 25 heavy (non-hydrogen) atoms. The lowest BCUT2D eigenvalue weighted by Gasteiger charge is -2.14. The minimum absolute atomic E-state index is 0.0977. The molecule has 0 unspecified atom stereocenters. The number of fused-ring (bicyclic) bond motifs is 1. The number of para-hydroxylation sites is 1. The van der Waals surface area contributed by atoms with Crippen LogP contribution in [0.1, 0.15) is 12.5 Å². The fourth-order valence-electron chi connectivity index (χ4n) is 2.40. The highest BCUT2D eigenvalue weighted by Gasteiger charge is 2.15. The number of phenols is 1. The van der Waals surface area contributed by atoms with E-state index in [-0.39, 0.29) is 11.7 Å². The van der Waals surface area contributed by atoms with E-state index in [9.17, 15) is 9.90 Å².